The van der Waals surface area contributed by atoms with Crippen LogP contribution in [0.2, 0.25) is 0 Å². The van der Waals surface area contributed by atoms with Gasteiger partial charge in [-0.3, -0.25) is 19.5 Å². The summed E-state index contributed by atoms with van der Waals surface area (Å²) in [6.45, 7) is 2.62. The Bertz CT molecular complexity index is 1330. The van der Waals surface area contributed by atoms with Crippen molar-refractivity contribution < 1.29 is 23.5 Å². The second-order valence-corrected chi connectivity index (χ2v) is 9.21. The van der Waals surface area contributed by atoms with Gasteiger partial charge in [0.1, 0.15) is 17.7 Å². The van der Waals surface area contributed by atoms with Crippen LogP contribution in [0, 0.1) is 5.82 Å². The monoisotopic (exact) mass is 518 g/mol. The molecular weight excluding hydrogens is 491 g/mol. The van der Waals surface area contributed by atoms with E-state index >= 15 is 4.39 Å². The summed E-state index contributed by atoms with van der Waals surface area (Å²) in [6, 6.07) is 11.7. The largest absolute Gasteiger partial charge is 0.444 e. The molecule has 4 heterocycles. The molecule has 3 aromatic rings. The van der Waals surface area contributed by atoms with Crippen molar-refractivity contribution in [3.8, 4) is 11.1 Å². The molecule has 3 amide bonds. The van der Waals surface area contributed by atoms with E-state index in [2.05, 4.69) is 14.9 Å². The lowest BCUT2D eigenvalue weighted by Gasteiger charge is -2.35. The first-order chi connectivity index (χ1) is 18.4. The van der Waals surface area contributed by atoms with Gasteiger partial charge in [-0.25, -0.2) is 14.2 Å². The van der Waals surface area contributed by atoms with Crippen LogP contribution in [-0.4, -0.2) is 71.6 Å². The molecule has 0 saturated carbocycles. The summed E-state index contributed by atoms with van der Waals surface area (Å²) >= 11 is 0. The summed E-state index contributed by atoms with van der Waals surface area (Å²) < 4.78 is 20.3. The fraction of sp³-hybridized carbons (Fsp3) is 0.296. The predicted octanol–water partition coefficient (Wildman–Crippen LogP) is 2.84. The van der Waals surface area contributed by atoms with E-state index in [1.807, 2.05) is 6.07 Å². The average Bonchev–Trinajstić information content (AvgIpc) is 3.32. The van der Waals surface area contributed by atoms with E-state index in [1.165, 1.54) is 11.0 Å². The summed E-state index contributed by atoms with van der Waals surface area (Å²) in [4.78, 5) is 49.7. The minimum atomic E-state index is -0.583. The molecule has 0 bridgehead atoms. The van der Waals surface area contributed by atoms with E-state index in [0.29, 0.717) is 55.0 Å². The van der Waals surface area contributed by atoms with Crippen LogP contribution in [0.15, 0.2) is 61.1 Å². The Labute approximate surface area is 218 Å². The van der Waals surface area contributed by atoms with Crippen LogP contribution < -0.4 is 15.5 Å². The first kappa shape index (κ1) is 25.1. The number of anilines is 2. The van der Waals surface area contributed by atoms with Gasteiger partial charge in [0, 0.05) is 62.3 Å². The number of carbonyl (C=O) groups excluding carboxylic acids is 3. The van der Waals surface area contributed by atoms with Crippen LogP contribution in [0.3, 0.4) is 0 Å². The molecule has 0 spiro atoms. The second-order valence-electron chi connectivity index (χ2n) is 9.21. The maximum absolute atomic E-state index is 15.1. The number of pyridine rings is 2. The molecule has 2 saturated heterocycles. The molecule has 1 aromatic carbocycles. The molecule has 1 unspecified atom stereocenters. The van der Waals surface area contributed by atoms with Crippen LogP contribution in [0.25, 0.3) is 11.1 Å². The Kier molecular flexibility index (Phi) is 7.16. The summed E-state index contributed by atoms with van der Waals surface area (Å²) in [5.74, 6) is -0.245. The Morgan fingerprint density at radius 1 is 1.08 bits per heavy atom. The van der Waals surface area contributed by atoms with E-state index in [0.717, 1.165) is 5.82 Å². The topological polar surface area (TPSA) is 122 Å². The summed E-state index contributed by atoms with van der Waals surface area (Å²) in [6.07, 6.45) is 4.21. The highest BCUT2D eigenvalue weighted by Crippen LogP contribution is 2.30. The van der Waals surface area contributed by atoms with Crippen molar-refractivity contribution in [1.82, 2.24) is 14.9 Å². The highest BCUT2D eigenvalue weighted by atomic mass is 19.1. The van der Waals surface area contributed by atoms with Gasteiger partial charge in [-0.1, -0.05) is 0 Å². The summed E-state index contributed by atoms with van der Waals surface area (Å²) in [5, 5.41) is 0. The fourth-order valence-electron chi connectivity index (χ4n) is 4.63. The van der Waals surface area contributed by atoms with Crippen molar-refractivity contribution in [2.75, 3.05) is 42.5 Å². The SMILES string of the molecule is NC(=O)CCC1CN(c2ccc(-c3ccc(N4CCN(C(=O)c5cccnc5)CC4)nc3)c(F)c2)C(=O)O1. The van der Waals surface area contributed by atoms with Gasteiger partial charge in [0.25, 0.3) is 5.91 Å². The van der Waals surface area contributed by atoms with Gasteiger partial charge in [0.15, 0.2) is 0 Å². The predicted molar refractivity (Wildman–Crippen MR) is 138 cm³/mol. The third kappa shape index (κ3) is 5.41. The third-order valence-corrected chi connectivity index (χ3v) is 6.71. The molecule has 2 aliphatic heterocycles. The molecule has 2 aromatic heterocycles. The number of hydrogen-bond acceptors (Lipinski definition) is 7. The number of halogens is 1. The number of cyclic esters (lactones) is 1. The molecule has 0 radical (unpaired) electrons. The normalized spacial score (nSPS) is 17.4. The Morgan fingerprint density at radius 2 is 1.89 bits per heavy atom. The van der Waals surface area contributed by atoms with Crippen molar-refractivity contribution >= 4 is 29.4 Å². The van der Waals surface area contributed by atoms with Gasteiger partial charge >= 0.3 is 6.09 Å². The minimum absolute atomic E-state index is 0.0386. The van der Waals surface area contributed by atoms with E-state index in [1.54, 1.807) is 53.8 Å². The van der Waals surface area contributed by atoms with Crippen LogP contribution in [0.4, 0.5) is 20.7 Å². The molecule has 196 valence electrons. The van der Waals surface area contributed by atoms with E-state index < -0.39 is 23.9 Å². The maximum atomic E-state index is 15.1. The molecule has 11 heteroatoms. The number of benzene rings is 1. The molecule has 1 atom stereocenters. The van der Waals surface area contributed by atoms with Crippen molar-refractivity contribution in [2.24, 2.45) is 5.73 Å². The van der Waals surface area contributed by atoms with Gasteiger partial charge in [-0.2, -0.15) is 0 Å². The number of amides is 3. The van der Waals surface area contributed by atoms with Crippen LogP contribution in [0.1, 0.15) is 23.2 Å². The summed E-state index contributed by atoms with van der Waals surface area (Å²) in [5.41, 5.74) is 7.07. The molecule has 10 nitrogen and oxygen atoms in total. The van der Waals surface area contributed by atoms with Crippen molar-refractivity contribution in [3.05, 3.63) is 72.4 Å². The van der Waals surface area contributed by atoms with E-state index in [4.69, 9.17) is 10.5 Å². The molecule has 2 aliphatic rings. The highest BCUT2D eigenvalue weighted by molar-refractivity contribution is 5.94. The number of ether oxygens (including phenoxy) is 1. The van der Waals surface area contributed by atoms with Crippen molar-refractivity contribution in [3.63, 3.8) is 0 Å². The lowest BCUT2D eigenvalue weighted by molar-refractivity contribution is -0.118. The zero-order valence-corrected chi connectivity index (χ0v) is 20.6. The van der Waals surface area contributed by atoms with Gasteiger partial charge in [-0.05, 0) is 48.9 Å². The number of primary amides is 1. The van der Waals surface area contributed by atoms with E-state index in [9.17, 15) is 14.4 Å². The van der Waals surface area contributed by atoms with Gasteiger partial charge in [0.05, 0.1) is 17.8 Å². The van der Waals surface area contributed by atoms with Gasteiger partial charge < -0.3 is 20.3 Å². The minimum Gasteiger partial charge on any atom is -0.444 e. The van der Waals surface area contributed by atoms with Crippen molar-refractivity contribution in [1.29, 1.82) is 0 Å². The lowest BCUT2D eigenvalue weighted by atomic mass is 10.1. The number of hydrogen-bond donors (Lipinski definition) is 1. The van der Waals surface area contributed by atoms with Crippen LogP contribution >= 0.6 is 0 Å². The molecule has 2 fully saturated rings. The Morgan fingerprint density at radius 3 is 2.55 bits per heavy atom. The van der Waals surface area contributed by atoms with Crippen LogP contribution in [-0.2, 0) is 9.53 Å². The smallest absolute Gasteiger partial charge is 0.414 e. The maximum Gasteiger partial charge on any atom is 0.414 e. The molecule has 2 N–H and O–H groups in total. The zero-order valence-electron chi connectivity index (χ0n) is 20.6. The molecule has 0 aliphatic carbocycles. The highest BCUT2D eigenvalue weighted by Gasteiger charge is 2.32. The second kappa shape index (κ2) is 10.8. The lowest BCUT2D eigenvalue weighted by Crippen LogP contribution is -2.49. The quantitative estimate of drug-likeness (QED) is 0.510. The Balaban J connectivity index is 1.21. The first-order valence-electron chi connectivity index (χ1n) is 12.4. The van der Waals surface area contributed by atoms with E-state index in [-0.39, 0.29) is 18.9 Å². The number of piperazine rings is 1. The Hall–Kier alpha value is -4.54. The third-order valence-electron chi connectivity index (χ3n) is 6.71. The molecule has 38 heavy (non-hydrogen) atoms. The number of nitrogens with two attached hydrogens (primary N) is 1. The summed E-state index contributed by atoms with van der Waals surface area (Å²) in [7, 11) is 0. The zero-order chi connectivity index (χ0) is 26.6. The fourth-order valence-corrected chi connectivity index (χ4v) is 4.63. The van der Waals surface area contributed by atoms with Gasteiger partial charge in [0.2, 0.25) is 5.91 Å². The van der Waals surface area contributed by atoms with Crippen LogP contribution in [0.5, 0.6) is 0 Å². The number of rotatable bonds is 7. The number of nitrogens with zero attached hydrogens (tertiary/aromatic N) is 5. The number of carbonyl (C=O) groups is 3. The standard InChI is InChI=1S/C27H27FN6O4/c28-23-14-20(34-17-21(38-27(34)37)5-7-24(29)35)4-6-22(23)18-3-8-25(31-16-18)32-10-12-33(13-11-32)26(36)19-2-1-9-30-15-19/h1-4,6,8-9,14-16,21H,5,7,10-13,17H2,(H2,29,35). The molecular formula is C27H27FN6O4. The first-order valence-corrected chi connectivity index (χ1v) is 12.4. The molecule has 5 rings (SSSR count). The van der Waals surface area contributed by atoms with Crippen molar-refractivity contribution in [2.45, 2.75) is 18.9 Å². The average molecular weight is 519 g/mol. The number of aromatic nitrogens is 2. The van der Waals surface area contributed by atoms with Gasteiger partial charge in [-0.15, -0.1) is 0 Å².